The Labute approximate surface area is 105 Å². The second-order valence-corrected chi connectivity index (χ2v) is 5.21. The summed E-state index contributed by atoms with van der Waals surface area (Å²) in [6.45, 7) is 10.7. The number of hydrogen-bond donors (Lipinski definition) is 2. The molecular formula is C14H23BO2. The normalized spacial score (nSPS) is 11.4. The first-order chi connectivity index (χ1) is 7.88. The highest BCUT2D eigenvalue weighted by Crippen LogP contribution is 2.27. The van der Waals surface area contributed by atoms with Gasteiger partial charge < -0.3 is 10.0 Å². The SMILES string of the molecule is CCc1c(C(C)C)cc(B(O)O)cc1C(C)C. The third kappa shape index (κ3) is 3.11. The maximum absolute atomic E-state index is 9.36. The quantitative estimate of drug-likeness (QED) is 0.784. The van der Waals surface area contributed by atoms with Crippen LogP contribution in [0.1, 0.15) is 63.1 Å². The van der Waals surface area contributed by atoms with Crippen molar-refractivity contribution in [1.29, 1.82) is 0 Å². The van der Waals surface area contributed by atoms with E-state index in [4.69, 9.17) is 0 Å². The van der Waals surface area contributed by atoms with Crippen LogP contribution in [-0.4, -0.2) is 17.2 Å². The van der Waals surface area contributed by atoms with E-state index in [9.17, 15) is 10.0 Å². The summed E-state index contributed by atoms with van der Waals surface area (Å²) in [5, 5.41) is 18.7. The van der Waals surface area contributed by atoms with Crippen molar-refractivity contribution in [3.63, 3.8) is 0 Å². The molecule has 0 aliphatic rings. The zero-order chi connectivity index (χ0) is 13.2. The van der Waals surface area contributed by atoms with E-state index in [1.165, 1.54) is 16.7 Å². The van der Waals surface area contributed by atoms with Gasteiger partial charge in [0.25, 0.3) is 0 Å². The van der Waals surface area contributed by atoms with Crippen molar-refractivity contribution >= 4 is 12.6 Å². The molecule has 0 atom stereocenters. The van der Waals surface area contributed by atoms with Gasteiger partial charge in [0.15, 0.2) is 0 Å². The van der Waals surface area contributed by atoms with Crippen molar-refractivity contribution in [2.75, 3.05) is 0 Å². The smallest absolute Gasteiger partial charge is 0.423 e. The van der Waals surface area contributed by atoms with E-state index < -0.39 is 7.12 Å². The summed E-state index contributed by atoms with van der Waals surface area (Å²) in [4.78, 5) is 0. The molecule has 1 aromatic carbocycles. The third-order valence-corrected chi connectivity index (χ3v) is 3.24. The summed E-state index contributed by atoms with van der Waals surface area (Å²) < 4.78 is 0. The molecule has 2 N–H and O–H groups in total. The van der Waals surface area contributed by atoms with Crippen LogP contribution in [0.15, 0.2) is 12.1 Å². The van der Waals surface area contributed by atoms with E-state index >= 15 is 0 Å². The molecule has 1 rings (SSSR count). The molecule has 0 heterocycles. The fraction of sp³-hybridized carbons (Fsp3) is 0.571. The molecule has 0 spiro atoms. The molecule has 0 saturated heterocycles. The van der Waals surface area contributed by atoms with Crippen LogP contribution in [0.5, 0.6) is 0 Å². The summed E-state index contributed by atoms with van der Waals surface area (Å²) >= 11 is 0. The van der Waals surface area contributed by atoms with Crippen LogP contribution in [0.2, 0.25) is 0 Å². The summed E-state index contributed by atoms with van der Waals surface area (Å²) in [5.41, 5.74) is 4.44. The van der Waals surface area contributed by atoms with Gasteiger partial charge in [-0.1, -0.05) is 46.8 Å². The van der Waals surface area contributed by atoms with E-state index in [1.54, 1.807) is 0 Å². The van der Waals surface area contributed by atoms with Crippen LogP contribution < -0.4 is 5.46 Å². The summed E-state index contributed by atoms with van der Waals surface area (Å²) in [6, 6.07) is 3.86. The van der Waals surface area contributed by atoms with Crippen molar-refractivity contribution in [2.24, 2.45) is 0 Å². The Hall–Kier alpha value is -0.795. The lowest BCUT2D eigenvalue weighted by Gasteiger charge is -2.20. The first-order valence-electron chi connectivity index (χ1n) is 6.41. The van der Waals surface area contributed by atoms with Crippen molar-refractivity contribution < 1.29 is 10.0 Å². The lowest BCUT2D eigenvalue weighted by molar-refractivity contribution is 0.425. The van der Waals surface area contributed by atoms with Crippen molar-refractivity contribution in [3.05, 3.63) is 28.8 Å². The number of hydrogen-bond acceptors (Lipinski definition) is 2. The van der Waals surface area contributed by atoms with Gasteiger partial charge >= 0.3 is 7.12 Å². The maximum Gasteiger partial charge on any atom is 0.488 e. The van der Waals surface area contributed by atoms with Gasteiger partial charge in [0.1, 0.15) is 0 Å². The minimum atomic E-state index is -1.38. The Kier molecular flexibility index (Phi) is 4.78. The molecule has 3 heteroatoms. The van der Waals surface area contributed by atoms with Gasteiger partial charge in [-0.3, -0.25) is 0 Å². The molecule has 17 heavy (non-hydrogen) atoms. The van der Waals surface area contributed by atoms with E-state index in [0.717, 1.165) is 6.42 Å². The molecule has 0 aromatic heterocycles. The molecule has 0 unspecified atom stereocenters. The van der Waals surface area contributed by atoms with E-state index in [-0.39, 0.29) is 0 Å². The Balaban J connectivity index is 3.46. The molecule has 0 aliphatic heterocycles. The molecule has 94 valence electrons. The largest absolute Gasteiger partial charge is 0.488 e. The topological polar surface area (TPSA) is 40.5 Å². The van der Waals surface area contributed by atoms with Crippen LogP contribution in [-0.2, 0) is 6.42 Å². The Bertz CT molecular complexity index is 355. The van der Waals surface area contributed by atoms with E-state index in [2.05, 4.69) is 34.6 Å². The van der Waals surface area contributed by atoms with Gasteiger partial charge in [-0.05, 0) is 40.4 Å². The Morgan fingerprint density at radius 2 is 1.41 bits per heavy atom. The van der Waals surface area contributed by atoms with Gasteiger partial charge in [-0.25, -0.2) is 0 Å². The minimum Gasteiger partial charge on any atom is -0.423 e. The van der Waals surface area contributed by atoms with Gasteiger partial charge in [-0.15, -0.1) is 0 Å². The lowest BCUT2D eigenvalue weighted by Crippen LogP contribution is -2.31. The molecule has 0 fully saturated rings. The first kappa shape index (κ1) is 14.3. The predicted molar refractivity (Wildman–Crippen MR) is 73.8 cm³/mol. The third-order valence-electron chi connectivity index (χ3n) is 3.24. The molecule has 0 aliphatic carbocycles. The first-order valence-corrected chi connectivity index (χ1v) is 6.41. The average molecular weight is 234 g/mol. The second kappa shape index (κ2) is 5.70. The maximum atomic E-state index is 9.36. The van der Waals surface area contributed by atoms with Gasteiger partial charge in [0.2, 0.25) is 0 Å². The monoisotopic (exact) mass is 234 g/mol. The predicted octanol–water partition coefficient (Wildman–Crippen LogP) is 2.18. The second-order valence-electron chi connectivity index (χ2n) is 5.21. The summed E-state index contributed by atoms with van der Waals surface area (Å²) in [5.74, 6) is 0.808. The highest BCUT2D eigenvalue weighted by atomic mass is 16.4. The zero-order valence-corrected chi connectivity index (χ0v) is 11.5. The lowest BCUT2D eigenvalue weighted by atomic mass is 9.74. The fourth-order valence-corrected chi connectivity index (χ4v) is 2.33. The highest BCUT2D eigenvalue weighted by Gasteiger charge is 2.19. The van der Waals surface area contributed by atoms with Gasteiger partial charge in [0, 0.05) is 0 Å². The van der Waals surface area contributed by atoms with Crippen LogP contribution in [0, 0.1) is 0 Å². The van der Waals surface area contributed by atoms with Crippen LogP contribution in [0.3, 0.4) is 0 Å². The van der Waals surface area contributed by atoms with E-state index in [0.29, 0.717) is 17.3 Å². The Morgan fingerprint density at radius 1 is 1.00 bits per heavy atom. The van der Waals surface area contributed by atoms with Gasteiger partial charge in [0.05, 0.1) is 0 Å². The van der Waals surface area contributed by atoms with Crippen molar-refractivity contribution in [2.45, 2.75) is 52.9 Å². The minimum absolute atomic E-state index is 0.404. The highest BCUT2D eigenvalue weighted by molar-refractivity contribution is 6.58. The van der Waals surface area contributed by atoms with E-state index in [1.807, 2.05) is 12.1 Å². The standard InChI is InChI=1S/C14H23BO2/c1-6-12-13(9(2)3)7-11(15(16)17)8-14(12)10(4)5/h7-10,16-17H,6H2,1-5H3. The van der Waals surface area contributed by atoms with Crippen molar-refractivity contribution in [1.82, 2.24) is 0 Å². The summed E-state index contributed by atoms with van der Waals surface area (Å²) in [6.07, 6.45) is 0.989. The van der Waals surface area contributed by atoms with Crippen molar-refractivity contribution in [3.8, 4) is 0 Å². The fourth-order valence-electron chi connectivity index (χ4n) is 2.33. The molecule has 0 saturated carbocycles. The molecular weight excluding hydrogens is 211 g/mol. The molecule has 2 nitrogen and oxygen atoms in total. The number of rotatable bonds is 4. The van der Waals surface area contributed by atoms with Crippen LogP contribution >= 0.6 is 0 Å². The Morgan fingerprint density at radius 3 is 1.65 bits per heavy atom. The van der Waals surface area contributed by atoms with Crippen LogP contribution in [0.25, 0.3) is 0 Å². The molecule has 0 bridgehead atoms. The molecule has 1 aromatic rings. The van der Waals surface area contributed by atoms with Gasteiger partial charge in [-0.2, -0.15) is 0 Å². The number of benzene rings is 1. The summed E-state index contributed by atoms with van der Waals surface area (Å²) in [7, 11) is -1.38. The molecule has 0 amide bonds. The zero-order valence-electron chi connectivity index (χ0n) is 11.5. The van der Waals surface area contributed by atoms with Crippen LogP contribution in [0.4, 0.5) is 0 Å². The molecule has 0 radical (unpaired) electrons. The average Bonchev–Trinajstić information content (AvgIpc) is 2.26.